The Morgan fingerprint density at radius 3 is 2.78 bits per heavy atom. The molecule has 0 amide bonds. The zero-order chi connectivity index (χ0) is 17.0. The van der Waals surface area contributed by atoms with Gasteiger partial charge in [-0.25, -0.2) is 4.98 Å². The predicted molar refractivity (Wildman–Crippen MR) is 77.8 cm³/mol. The van der Waals surface area contributed by atoms with Gasteiger partial charge in [-0.1, -0.05) is 0 Å². The molecule has 0 saturated carbocycles. The van der Waals surface area contributed by atoms with E-state index in [0.29, 0.717) is 5.13 Å². The molecule has 0 unspecified atom stereocenters. The van der Waals surface area contributed by atoms with Crippen LogP contribution < -0.4 is 10.2 Å². The number of aryl methyl sites for hydroxylation is 1. The molecule has 23 heavy (non-hydrogen) atoms. The Kier molecular flexibility index (Phi) is 4.79. The van der Waals surface area contributed by atoms with Gasteiger partial charge in [0.1, 0.15) is 0 Å². The van der Waals surface area contributed by atoms with Crippen LogP contribution in [0.15, 0.2) is 28.7 Å². The molecule has 2 rings (SSSR count). The van der Waals surface area contributed by atoms with E-state index in [1.54, 1.807) is 12.3 Å². The van der Waals surface area contributed by atoms with Gasteiger partial charge in [-0.05, 0) is 19.1 Å². The van der Waals surface area contributed by atoms with Crippen LogP contribution in [0.1, 0.15) is 11.3 Å². The molecule has 122 valence electrons. The average Bonchev–Trinajstić information content (AvgIpc) is 2.84. The molecule has 0 fully saturated rings. The van der Waals surface area contributed by atoms with Crippen LogP contribution in [0.3, 0.4) is 0 Å². The summed E-state index contributed by atoms with van der Waals surface area (Å²) in [4.78, 5) is 14.0. The number of benzene rings is 1. The molecule has 11 heteroatoms. The lowest BCUT2D eigenvalue weighted by atomic mass is 10.2. The minimum Gasteiger partial charge on any atom is -0.398 e. The van der Waals surface area contributed by atoms with Gasteiger partial charge in [0.15, 0.2) is 0 Å². The molecule has 1 N–H and O–H groups in total. The number of hydrazone groups is 1. The van der Waals surface area contributed by atoms with E-state index in [9.17, 15) is 23.3 Å². The van der Waals surface area contributed by atoms with Crippen molar-refractivity contribution in [2.45, 2.75) is 13.3 Å². The minimum atomic E-state index is -5.01. The first-order valence-corrected chi connectivity index (χ1v) is 6.88. The number of anilines is 1. The molecular formula is C12H9F3N4O3S. The second-order valence-corrected chi connectivity index (χ2v) is 5.05. The van der Waals surface area contributed by atoms with Crippen LogP contribution in [0.4, 0.5) is 24.0 Å². The minimum absolute atomic E-state index is 0.229. The molecule has 0 atom stereocenters. The summed E-state index contributed by atoms with van der Waals surface area (Å²) in [7, 11) is 0. The average molecular weight is 346 g/mol. The fourth-order valence-corrected chi connectivity index (χ4v) is 2.17. The van der Waals surface area contributed by atoms with Gasteiger partial charge in [0, 0.05) is 17.0 Å². The largest absolute Gasteiger partial charge is 0.573 e. The SMILES string of the molecule is Cc1csc(NN=Cc2ccc(OC(F)(F)F)c([N+](=O)[O-])c2)n1. The molecule has 0 aliphatic carbocycles. The van der Waals surface area contributed by atoms with E-state index in [2.05, 4.69) is 20.2 Å². The topological polar surface area (TPSA) is 89.7 Å². The third kappa shape index (κ3) is 4.92. The third-order valence-corrected chi connectivity index (χ3v) is 3.26. The van der Waals surface area contributed by atoms with E-state index >= 15 is 0 Å². The maximum Gasteiger partial charge on any atom is 0.573 e. The van der Waals surface area contributed by atoms with E-state index in [4.69, 9.17) is 0 Å². The number of nitrogens with one attached hydrogen (secondary N) is 1. The Morgan fingerprint density at radius 1 is 1.48 bits per heavy atom. The number of rotatable bonds is 5. The third-order valence-electron chi connectivity index (χ3n) is 2.40. The Balaban J connectivity index is 2.17. The maximum atomic E-state index is 12.2. The van der Waals surface area contributed by atoms with Crippen LogP contribution in [-0.2, 0) is 0 Å². The number of thiazole rings is 1. The maximum absolute atomic E-state index is 12.2. The molecule has 0 aliphatic heterocycles. The molecule has 0 radical (unpaired) electrons. The summed E-state index contributed by atoms with van der Waals surface area (Å²) >= 11 is 1.31. The standard InChI is InChI=1S/C12H9F3N4O3S/c1-7-6-23-11(17-7)18-16-5-8-2-3-10(22-12(13,14)15)9(4-8)19(20)21/h2-6H,1H3,(H,17,18). The summed E-state index contributed by atoms with van der Waals surface area (Å²) in [5.41, 5.74) is 2.83. The van der Waals surface area contributed by atoms with E-state index in [1.807, 2.05) is 0 Å². The molecule has 2 aromatic rings. The first-order chi connectivity index (χ1) is 10.7. The molecular weight excluding hydrogens is 337 g/mol. The second-order valence-electron chi connectivity index (χ2n) is 4.20. The number of hydrogen-bond acceptors (Lipinski definition) is 7. The second kappa shape index (κ2) is 6.60. The smallest absolute Gasteiger partial charge is 0.398 e. The number of nitrogens with zero attached hydrogens (tertiary/aromatic N) is 3. The van der Waals surface area contributed by atoms with Crippen molar-refractivity contribution in [2.24, 2.45) is 5.10 Å². The number of nitro benzene ring substituents is 1. The van der Waals surface area contributed by atoms with Crippen LogP contribution >= 0.6 is 11.3 Å². The van der Waals surface area contributed by atoms with Crippen molar-refractivity contribution in [3.05, 3.63) is 45.0 Å². The number of aromatic nitrogens is 1. The van der Waals surface area contributed by atoms with Crippen molar-refractivity contribution in [1.82, 2.24) is 4.98 Å². The molecule has 1 heterocycles. The summed E-state index contributed by atoms with van der Waals surface area (Å²) in [6, 6.07) is 3.01. The van der Waals surface area contributed by atoms with E-state index < -0.39 is 22.7 Å². The quantitative estimate of drug-likeness (QED) is 0.506. The van der Waals surface area contributed by atoms with Gasteiger partial charge in [-0.2, -0.15) is 5.10 Å². The Bertz CT molecular complexity index is 745. The number of nitro groups is 1. The van der Waals surface area contributed by atoms with Crippen LogP contribution in [0.25, 0.3) is 0 Å². The molecule has 7 nitrogen and oxygen atoms in total. The van der Waals surface area contributed by atoms with Gasteiger partial charge in [0.2, 0.25) is 10.9 Å². The van der Waals surface area contributed by atoms with Gasteiger partial charge in [0.05, 0.1) is 16.8 Å². The van der Waals surface area contributed by atoms with Crippen molar-refractivity contribution >= 4 is 28.4 Å². The van der Waals surface area contributed by atoms with Crippen molar-refractivity contribution < 1.29 is 22.8 Å². The monoisotopic (exact) mass is 346 g/mol. The highest BCUT2D eigenvalue weighted by molar-refractivity contribution is 7.13. The number of hydrogen-bond donors (Lipinski definition) is 1. The van der Waals surface area contributed by atoms with Gasteiger partial charge in [-0.3, -0.25) is 15.5 Å². The van der Waals surface area contributed by atoms with Crippen molar-refractivity contribution in [2.75, 3.05) is 5.43 Å². The first kappa shape index (κ1) is 16.7. The van der Waals surface area contributed by atoms with Crippen LogP contribution in [-0.4, -0.2) is 22.5 Å². The zero-order valence-corrected chi connectivity index (χ0v) is 12.3. The van der Waals surface area contributed by atoms with E-state index in [1.165, 1.54) is 23.6 Å². The number of ether oxygens (including phenoxy) is 1. The Morgan fingerprint density at radius 2 is 2.22 bits per heavy atom. The fraction of sp³-hybridized carbons (Fsp3) is 0.167. The predicted octanol–water partition coefficient (Wildman–Crippen LogP) is 3.70. The summed E-state index contributed by atoms with van der Waals surface area (Å²) in [5.74, 6) is -0.886. The van der Waals surface area contributed by atoms with Crippen molar-refractivity contribution in [3.63, 3.8) is 0 Å². The number of halogens is 3. The molecule has 1 aromatic heterocycles. The molecule has 1 aromatic carbocycles. The molecule has 0 bridgehead atoms. The lowest BCUT2D eigenvalue weighted by molar-refractivity contribution is -0.388. The van der Waals surface area contributed by atoms with Crippen molar-refractivity contribution in [1.29, 1.82) is 0 Å². The summed E-state index contributed by atoms with van der Waals surface area (Å²) in [6.45, 7) is 1.80. The highest BCUT2D eigenvalue weighted by Crippen LogP contribution is 2.32. The van der Waals surface area contributed by atoms with E-state index in [-0.39, 0.29) is 5.56 Å². The fourth-order valence-electron chi connectivity index (χ4n) is 1.54. The lowest BCUT2D eigenvalue weighted by Gasteiger charge is -2.09. The lowest BCUT2D eigenvalue weighted by Crippen LogP contribution is -2.18. The molecule has 0 spiro atoms. The van der Waals surface area contributed by atoms with Gasteiger partial charge in [-0.15, -0.1) is 24.5 Å². The molecule has 0 saturated heterocycles. The van der Waals surface area contributed by atoms with Gasteiger partial charge >= 0.3 is 12.0 Å². The summed E-state index contributed by atoms with van der Waals surface area (Å²) in [5, 5.41) is 17.0. The van der Waals surface area contributed by atoms with Crippen LogP contribution in [0.2, 0.25) is 0 Å². The molecule has 0 aliphatic rings. The Labute approximate surface area is 131 Å². The Hall–Kier alpha value is -2.69. The van der Waals surface area contributed by atoms with E-state index in [0.717, 1.165) is 17.8 Å². The zero-order valence-electron chi connectivity index (χ0n) is 11.5. The number of alkyl halides is 3. The van der Waals surface area contributed by atoms with Crippen LogP contribution in [0.5, 0.6) is 5.75 Å². The summed E-state index contributed by atoms with van der Waals surface area (Å²) < 4.78 is 40.2. The van der Waals surface area contributed by atoms with Gasteiger partial charge in [0.25, 0.3) is 0 Å². The normalized spacial score (nSPS) is 11.7. The highest BCUT2D eigenvalue weighted by atomic mass is 32.1. The highest BCUT2D eigenvalue weighted by Gasteiger charge is 2.34. The van der Waals surface area contributed by atoms with Crippen molar-refractivity contribution in [3.8, 4) is 5.75 Å². The first-order valence-electron chi connectivity index (χ1n) is 6.00. The summed E-state index contributed by atoms with van der Waals surface area (Å²) in [6.07, 6.45) is -3.79. The van der Waals surface area contributed by atoms with Crippen LogP contribution in [0, 0.1) is 17.0 Å². The van der Waals surface area contributed by atoms with Gasteiger partial charge < -0.3 is 4.74 Å².